The van der Waals surface area contributed by atoms with Crippen molar-refractivity contribution < 1.29 is 22.4 Å². The standard InChI is InChI=1S/C40H42F4N2O/c1-2-30-15-17-35(18-16-30)29-46(23-9-14-33-19-20-36(37(41)27-33)40(42,43)44)38(28-32-12-7-4-8-13-32)39(47)45-24-21-34(22-25-45)26-31-10-5-3-6-11-31/h3-13,15-20,23,27,34,38H,2,14,21-22,24-26,28-29H2,1H3/t38-/m0/s1. The van der Waals surface area contributed by atoms with Crippen molar-refractivity contribution in [2.45, 2.75) is 64.2 Å². The smallest absolute Gasteiger partial charge is 0.361 e. The van der Waals surface area contributed by atoms with Crippen LogP contribution in [0.5, 0.6) is 0 Å². The number of halogens is 4. The lowest BCUT2D eigenvalue weighted by Gasteiger charge is -2.38. The van der Waals surface area contributed by atoms with Crippen LogP contribution in [0.4, 0.5) is 17.6 Å². The fourth-order valence-electron chi connectivity index (χ4n) is 6.30. The first-order chi connectivity index (χ1) is 22.7. The van der Waals surface area contributed by atoms with Gasteiger partial charge in [-0.3, -0.25) is 4.79 Å². The van der Waals surface area contributed by atoms with Crippen LogP contribution in [0.1, 0.15) is 53.1 Å². The lowest BCUT2D eigenvalue weighted by molar-refractivity contribution is -0.140. The van der Waals surface area contributed by atoms with Crippen molar-refractivity contribution >= 4 is 5.91 Å². The van der Waals surface area contributed by atoms with Crippen molar-refractivity contribution in [3.63, 3.8) is 0 Å². The monoisotopic (exact) mass is 642 g/mol. The van der Waals surface area contributed by atoms with Crippen LogP contribution >= 0.6 is 0 Å². The molecule has 5 rings (SSSR count). The molecule has 0 saturated carbocycles. The van der Waals surface area contributed by atoms with E-state index in [2.05, 4.69) is 55.5 Å². The van der Waals surface area contributed by atoms with Gasteiger partial charge in [-0.05, 0) is 84.2 Å². The quantitative estimate of drug-likeness (QED) is 0.144. The van der Waals surface area contributed by atoms with E-state index in [0.29, 0.717) is 37.5 Å². The highest BCUT2D eigenvalue weighted by atomic mass is 19.4. The van der Waals surface area contributed by atoms with Gasteiger partial charge in [-0.25, -0.2) is 4.39 Å². The molecule has 1 saturated heterocycles. The summed E-state index contributed by atoms with van der Waals surface area (Å²) in [6.07, 6.45) is 3.43. The minimum absolute atomic E-state index is 0.0578. The summed E-state index contributed by atoms with van der Waals surface area (Å²) in [4.78, 5) is 18.4. The van der Waals surface area contributed by atoms with E-state index in [1.165, 1.54) is 17.2 Å². The van der Waals surface area contributed by atoms with Crippen LogP contribution < -0.4 is 0 Å². The minimum atomic E-state index is -4.75. The molecule has 4 aromatic carbocycles. The van der Waals surface area contributed by atoms with Gasteiger partial charge in [0.25, 0.3) is 0 Å². The summed E-state index contributed by atoms with van der Waals surface area (Å²) in [5.41, 5.74) is 3.76. The Bertz CT molecular complexity index is 1600. The number of amides is 1. The highest BCUT2D eigenvalue weighted by Crippen LogP contribution is 2.32. The number of benzene rings is 4. The summed E-state index contributed by atoms with van der Waals surface area (Å²) in [5, 5.41) is 0. The van der Waals surface area contributed by atoms with Crippen LogP contribution in [0.3, 0.4) is 0 Å². The molecule has 0 radical (unpaired) electrons. The Balaban J connectivity index is 1.38. The fraction of sp³-hybridized carbons (Fsp3) is 0.325. The summed E-state index contributed by atoms with van der Waals surface area (Å²) in [6, 6.07) is 31.2. The molecule has 246 valence electrons. The third-order valence-corrected chi connectivity index (χ3v) is 9.04. The van der Waals surface area contributed by atoms with Crippen LogP contribution in [-0.4, -0.2) is 34.8 Å². The van der Waals surface area contributed by atoms with E-state index in [-0.39, 0.29) is 12.3 Å². The first-order valence-electron chi connectivity index (χ1n) is 16.4. The van der Waals surface area contributed by atoms with Crippen molar-refractivity contribution in [3.8, 4) is 0 Å². The van der Waals surface area contributed by atoms with E-state index in [4.69, 9.17) is 0 Å². The van der Waals surface area contributed by atoms with E-state index >= 15 is 0 Å². The molecular formula is C40H42F4N2O. The number of piperidine rings is 1. The van der Waals surface area contributed by atoms with Crippen molar-refractivity contribution in [2.75, 3.05) is 13.1 Å². The van der Waals surface area contributed by atoms with Crippen LogP contribution in [0.25, 0.3) is 0 Å². The fourth-order valence-corrected chi connectivity index (χ4v) is 6.30. The molecule has 1 amide bonds. The number of carbonyl (C=O) groups is 1. The largest absolute Gasteiger partial charge is 0.419 e. The molecule has 4 aromatic rings. The van der Waals surface area contributed by atoms with Crippen LogP contribution in [0.15, 0.2) is 115 Å². The molecule has 0 unspecified atom stereocenters. The second-order valence-corrected chi connectivity index (χ2v) is 12.4. The SMILES string of the molecule is CCc1ccc(CN(C=CCc2ccc(C(F)(F)F)c(F)c2)[C@@H](Cc2ccccc2)C(=O)N2CCC(Cc3ccccc3)CC2)cc1. The summed E-state index contributed by atoms with van der Waals surface area (Å²) < 4.78 is 53.6. The van der Waals surface area contributed by atoms with E-state index in [1.54, 1.807) is 6.08 Å². The van der Waals surface area contributed by atoms with Crippen LogP contribution in [0, 0.1) is 11.7 Å². The molecular weight excluding hydrogens is 600 g/mol. The zero-order chi connectivity index (χ0) is 33.2. The lowest BCUT2D eigenvalue weighted by Crippen LogP contribution is -2.50. The number of rotatable bonds is 12. The van der Waals surface area contributed by atoms with Crippen molar-refractivity contribution in [3.05, 3.63) is 155 Å². The van der Waals surface area contributed by atoms with Crippen molar-refractivity contribution in [1.82, 2.24) is 9.80 Å². The van der Waals surface area contributed by atoms with Gasteiger partial charge < -0.3 is 9.80 Å². The third kappa shape index (κ3) is 9.57. The Hall–Kier alpha value is -4.39. The Labute approximate surface area is 275 Å². The molecule has 1 aliphatic heterocycles. The van der Waals surface area contributed by atoms with Crippen LogP contribution in [0.2, 0.25) is 0 Å². The molecule has 3 nitrogen and oxygen atoms in total. The molecule has 47 heavy (non-hydrogen) atoms. The number of aryl methyl sites for hydroxylation is 1. The molecule has 0 N–H and O–H groups in total. The maximum absolute atomic E-state index is 14.4. The van der Waals surface area contributed by atoms with Gasteiger partial charge in [0.15, 0.2) is 0 Å². The molecule has 0 bridgehead atoms. The summed E-state index contributed by atoms with van der Waals surface area (Å²) in [7, 11) is 0. The Morgan fingerprint density at radius 2 is 1.43 bits per heavy atom. The van der Waals surface area contributed by atoms with Crippen molar-refractivity contribution in [1.29, 1.82) is 0 Å². The minimum Gasteiger partial charge on any atom is -0.361 e. The molecule has 1 fully saturated rings. The maximum atomic E-state index is 14.4. The average molecular weight is 643 g/mol. The molecule has 0 spiro atoms. The Morgan fingerprint density at radius 1 is 0.830 bits per heavy atom. The van der Waals surface area contributed by atoms with Crippen LogP contribution in [-0.2, 0) is 43.2 Å². The van der Waals surface area contributed by atoms with Gasteiger partial charge in [0, 0.05) is 26.1 Å². The van der Waals surface area contributed by atoms with Gasteiger partial charge in [0.05, 0.1) is 5.56 Å². The number of hydrogen-bond donors (Lipinski definition) is 0. The maximum Gasteiger partial charge on any atom is 0.419 e. The third-order valence-electron chi connectivity index (χ3n) is 9.04. The Morgan fingerprint density at radius 3 is 2.02 bits per heavy atom. The summed E-state index contributed by atoms with van der Waals surface area (Å²) in [5.74, 6) is -0.710. The van der Waals surface area contributed by atoms with Gasteiger partial charge in [-0.2, -0.15) is 13.2 Å². The zero-order valence-corrected chi connectivity index (χ0v) is 26.8. The van der Waals surface area contributed by atoms with E-state index in [0.717, 1.165) is 48.9 Å². The van der Waals surface area contributed by atoms with Gasteiger partial charge in [-0.15, -0.1) is 0 Å². The van der Waals surface area contributed by atoms with Crippen molar-refractivity contribution in [2.24, 2.45) is 5.92 Å². The molecule has 1 aliphatic rings. The molecule has 1 heterocycles. The zero-order valence-electron chi connectivity index (χ0n) is 26.8. The predicted octanol–water partition coefficient (Wildman–Crippen LogP) is 9.06. The van der Waals surface area contributed by atoms with E-state index in [1.807, 2.05) is 52.4 Å². The molecule has 1 atom stereocenters. The normalized spacial score (nSPS) is 14.8. The van der Waals surface area contributed by atoms with Gasteiger partial charge in [-0.1, -0.05) is 104 Å². The van der Waals surface area contributed by atoms with Gasteiger partial charge >= 0.3 is 6.18 Å². The Kier molecular flexibility index (Phi) is 11.5. The highest BCUT2D eigenvalue weighted by Gasteiger charge is 2.34. The number of likely N-dealkylation sites (tertiary alicyclic amines) is 1. The van der Waals surface area contributed by atoms with Gasteiger partial charge in [0.2, 0.25) is 5.91 Å². The predicted molar refractivity (Wildman–Crippen MR) is 179 cm³/mol. The number of nitrogens with zero attached hydrogens (tertiary/aromatic N) is 2. The van der Waals surface area contributed by atoms with E-state index < -0.39 is 23.6 Å². The lowest BCUT2D eigenvalue weighted by atomic mass is 9.89. The number of hydrogen-bond acceptors (Lipinski definition) is 2. The van der Waals surface area contributed by atoms with E-state index in [9.17, 15) is 22.4 Å². The molecule has 0 aliphatic carbocycles. The first-order valence-corrected chi connectivity index (χ1v) is 16.4. The topological polar surface area (TPSA) is 23.6 Å². The first kappa shape index (κ1) is 34.0. The number of carbonyl (C=O) groups excluding carboxylic acids is 1. The second kappa shape index (κ2) is 15.9. The summed E-state index contributed by atoms with van der Waals surface area (Å²) >= 11 is 0. The highest BCUT2D eigenvalue weighted by molar-refractivity contribution is 5.82. The molecule has 7 heteroatoms. The summed E-state index contributed by atoms with van der Waals surface area (Å²) in [6.45, 7) is 3.95. The average Bonchev–Trinajstić information content (AvgIpc) is 3.07. The van der Waals surface area contributed by atoms with Gasteiger partial charge in [0.1, 0.15) is 11.9 Å². The number of alkyl halides is 3. The second-order valence-electron chi connectivity index (χ2n) is 12.4. The number of allylic oxidation sites excluding steroid dienone is 1. The molecule has 0 aromatic heterocycles.